The van der Waals surface area contributed by atoms with E-state index in [0.717, 1.165) is 44.5 Å². The van der Waals surface area contributed by atoms with Crippen LogP contribution >= 0.6 is 0 Å². The molecule has 3 aliphatic rings. The molecule has 0 saturated carbocycles. The number of cyclic esters (lactones) is 1. The summed E-state index contributed by atoms with van der Waals surface area (Å²) in [5.74, 6) is -1.40. The van der Waals surface area contributed by atoms with Gasteiger partial charge in [0.25, 0.3) is 0 Å². The molecule has 3 amide bonds. The zero-order chi connectivity index (χ0) is 43.5. The molecule has 11 heteroatoms. The summed E-state index contributed by atoms with van der Waals surface area (Å²) >= 11 is 0. The van der Waals surface area contributed by atoms with Gasteiger partial charge in [-0.2, -0.15) is 0 Å². The van der Waals surface area contributed by atoms with Crippen LogP contribution in [0.3, 0.4) is 0 Å². The molecule has 1 aliphatic carbocycles. The smallest absolute Gasteiger partial charge is 0.407 e. The van der Waals surface area contributed by atoms with Crippen molar-refractivity contribution in [3.8, 4) is 16.9 Å². The van der Waals surface area contributed by atoms with Gasteiger partial charge < -0.3 is 34.9 Å². The van der Waals surface area contributed by atoms with Gasteiger partial charge in [0.15, 0.2) is 0 Å². The highest BCUT2D eigenvalue weighted by atomic mass is 16.6. The molecule has 5 aromatic carbocycles. The Hall–Kier alpha value is -6.72. The Morgan fingerprint density at radius 3 is 2.21 bits per heavy atom. The monoisotopic (exact) mass is 847 g/mol. The van der Waals surface area contributed by atoms with Crippen LogP contribution in [0.15, 0.2) is 140 Å². The first-order valence-corrected chi connectivity index (χ1v) is 21.8. The number of esters is 1. The molecule has 3 N–H and O–H groups in total. The van der Waals surface area contributed by atoms with Crippen molar-refractivity contribution in [2.75, 3.05) is 19.8 Å². The summed E-state index contributed by atoms with van der Waals surface area (Å²) < 4.78 is 17.7. The molecule has 0 saturated heterocycles. The van der Waals surface area contributed by atoms with Crippen LogP contribution in [0, 0.1) is 5.92 Å². The highest BCUT2D eigenvalue weighted by Gasteiger charge is 2.34. The van der Waals surface area contributed by atoms with Gasteiger partial charge in [0.1, 0.15) is 31.6 Å². The number of rotatable bonds is 11. The van der Waals surface area contributed by atoms with E-state index in [1.54, 1.807) is 4.90 Å². The Bertz CT molecular complexity index is 2370. The molecule has 63 heavy (non-hydrogen) atoms. The summed E-state index contributed by atoms with van der Waals surface area (Å²) in [6, 6.07) is 39.4. The Morgan fingerprint density at radius 2 is 1.48 bits per heavy atom. The van der Waals surface area contributed by atoms with E-state index in [9.17, 15) is 24.3 Å². The largest absolute Gasteiger partial charge is 0.489 e. The molecule has 5 aromatic rings. The molecule has 0 fully saturated rings. The second kappa shape index (κ2) is 20.4. The van der Waals surface area contributed by atoms with E-state index in [2.05, 4.69) is 22.8 Å². The fourth-order valence-electron chi connectivity index (χ4n) is 8.83. The number of allylic oxidation sites excluding steroid dienone is 2. The van der Waals surface area contributed by atoms with Crippen LogP contribution < -0.4 is 15.4 Å². The SMILES string of the molecule is O=C(N[C@H]1CCC=CC[C@H](CC(=O)N2Cc3ccccc3C[C@H]2CO)C(=O)N[C@@H](Cc2ccc(OCc3ccccc3)cc2)COC1=O)OCC1c2ccccc2-c2ccccc21. The van der Waals surface area contributed by atoms with Crippen molar-refractivity contribution >= 4 is 23.9 Å². The number of aliphatic hydroxyl groups excluding tert-OH is 1. The summed E-state index contributed by atoms with van der Waals surface area (Å²) in [5, 5.41) is 16.1. The normalized spacial score (nSPS) is 20.0. The van der Waals surface area contributed by atoms with Gasteiger partial charge in [0.05, 0.1) is 24.6 Å². The second-order valence-electron chi connectivity index (χ2n) is 16.5. The zero-order valence-corrected chi connectivity index (χ0v) is 35.2. The Labute approximate surface area is 368 Å². The molecule has 0 aromatic heterocycles. The number of aliphatic hydroxyl groups is 1. The molecule has 11 nitrogen and oxygen atoms in total. The lowest BCUT2D eigenvalue weighted by Crippen LogP contribution is -2.49. The molecular formula is C52H53N3O8. The molecule has 324 valence electrons. The van der Waals surface area contributed by atoms with E-state index in [4.69, 9.17) is 14.2 Å². The van der Waals surface area contributed by atoms with Gasteiger partial charge in [-0.3, -0.25) is 9.59 Å². The van der Waals surface area contributed by atoms with Crippen LogP contribution in [-0.4, -0.2) is 71.8 Å². The van der Waals surface area contributed by atoms with Crippen molar-refractivity contribution in [3.05, 3.63) is 173 Å². The van der Waals surface area contributed by atoms with Crippen LogP contribution in [0.4, 0.5) is 4.79 Å². The molecule has 0 radical (unpaired) electrons. The third-order valence-electron chi connectivity index (χ3n) is 12.2. The lowest BCUT2D eigenvalue weighted by atomic mass is 9.92. The van der Waals surface area contributed by atoms with Crippen molar-refractivity contribution < 1.29 is 38.5 Å². The third kappa shape index (κ3) is 10.7. The minimum Gasteiger partial charge on any atom is -0.489 e. The summed E-state index contributed by atoms with van der Waals surface area (Å²) in [4.78, 5) is 57.0. The number of alkyl carbamates (subject to hydrolysis) is 1. The second-order valence-corrected chi connectivity index (χ2v) is 16.5. The molecular weight excluding hydrogens is 795 g/mol. The van der Waals surface area contributed by atoms with E-state index in [1.807, 2.05) is 127 Å². The first-order valence-electron chi connectivity index (χ1n) is 21.8. The maximum atomic E-state index is 14.2. The van der Waals surface area contributed by atoms with Crippen molar-refractivity contribution in [1.82, 2.24) is 15.5 Å². The summed E-state index contributed by atoms with van der Waals surface area (Å²) in [6.07, 6.45) is 4.64. The first-order chi connectivity index (χ1) is 30.8. The van der Waals surface area contributed by atoms with Gasteiger partial charge in [0, 0.05) is 18.9 Å². The van der Waals surface area contributed by atoms with Crippen molar-refractivity contribution in [3.63, 3.8) is 0 Å². The fourth-order valence-corrected chi connectivity index (χ4v) is 8.83. The van der Waals surface area contributed by atoms with E-state index >= 15 is 0 Å². The van der Waals surface area contributed by atoms with Crippen molar-refractivity contribution in [2.45, 2.75) is 75.7 Å². The Morgan fingerprint density at radius 1 is 0.794 bits per heavy atom. The van der Waals surface area contributed by atoms with Gasteiger partial charge in [-0.25, -0.2) is 9.59 Å². The number of benzene rings is 5. The lowest BCUT2D eigenvalue weighted by molar-refractivity contribution is -0.147. The summed E-state index contributed by atoms with van der Waals surface area (Å²) in [5.41, 5.74) is 8.41. The van der Waals surface area contributed by atoms with E-state index in [-0.39, 0.29) is 56.8 Å². The van der Waals surface area contributed by atoms with Crippen LogP contribution in [0.1, 0.15) is 65.0 Å². The van der Waals surface area contributed by atoms with Crippen LogP contribution in [0.5, 0.6) is 5.75 Å². The summed E-state index contributed by atoms with van der Waals surface area (Å²) in [7, 11) is 0. The molecule has 0 spiro atoms. The number of hydrogen-bond acceptors (Lipinski definition) is 8. The van der Waals surface area contributed by atoms with Gasteiger partial charge >= 0.3 is 12.1 Å². The minimum atomic E-state index is -1.02. The molecule has 2 heterocycles. The molecule has 0 unspecified atom stereocenters. The van der Waals surface area contributed by atoms with E-state index < -0.39 is 36.1 Å². The predicted molar refractivity (Wildman–Crippen MR) is 238 cm³/mol. The van der Waals surface area contributed by atoms with Gasteiger partial charge in [0.2, 0.25) is 11.8 Å². The maximum absolute atomic E-state index is 14.2. The van der Waals surface area contributed by atoms with Crippen molar-refractivity contribution in [2.24, 2.45) is 5.92 Å². The van der Waals surface area contributed by atoms with Gasteiger partial charge in [-0.15, -0.1) is 0 Å². The first kappa shape index (κ1) is 42.9. The Kier molecular flexibility index (Phi) is 13.9. The number of fused-ring (bicyclic) bond motifs is 4. The number of nitrogens with zero attached hydrogens (tertiary/aromatic N) is 1. The summed E-state index contributed by atoms with van der Waals surface area (Å²) in [6.45, 7) is 0.493. The lowest BCUT2D eigenvalue weighted by Gasteiger charge is -2.36. The molecule has 4 atom stereocenters. The Balaban J connectivity index is 0.962. The van der Waals surface area contributed by atoms with E-state index in [0.29, 0.717) is 38.2 Å². The standard InChI is InChI=1S/C52H53N3O8/c56-31-41-28-37-15-7-8-17-39(37)30-55(41)49(57)29-38-16-5-2-6-22-48(54-52(60)63-34-47-45-20-11-9-18-43(45)44-19-10-12-21-46(44)47)51(59)62-33-40(53-50(38)58)27-35-23-25-42(26-24-35)61-32-36-13-3-1-4-14-36/h1-5,7-15,17-21,23-26,38,40-41,47-48,56H,6,16,22,27-34H2,(H,53,58)(H,54,60)/t38-,40+,41+,48+/m1/s1. The predicted octanol–water partition coefficient (Wildman–Crippen LogP) is 7.44. The number of ether oxygens (including phenoxy) is 3. The van der Waals surface area contributed by atoms with Gasteiger partial charge in [-0.1, -0.05) is 127 Å². The number of carbonyl (C=O) groups is 4. The average molecular weight is 848 g/mol. The maximum Gasteiger partial charge on any atom is 0.407 e. The number of carbonyl (C=O) groups excluding carboxylic acids is 4. The van der Waals surface area contributed by atoms with Crippen molar-refractivity contribution in [1.29, 1.82) is 0 Å². The van der Waals surface area contributed by atoms with E-state index in [1.165, 1.54) is 0 Å². The van der Waals surface area contributed by atoms with Crippen LogP contribution in [0.2, 0.25) is 0 Å². The molecule has 0 bridgehead atoms. The number of amides is 3. The number of nitrogens with one attached hydrogen (secondary N) is 2. The average Bonchev–Trinajstić information content (AvgIpc) is 3.64. The molecule has 8 rings (SSSR count). The van der Waals surface area contributed by atoms with Crippen LogP contribution in [0.25, 0.3) is 11.1 Å². The third-order valence-corrected chi connectivity index (χ3v) is 12.2. The quantitative estimate of drug-likeness (QED) is 0.0921. The number of hydrogen-bond donors (Lipinski definition) is 3. The fraction of sp³-hybridized carbons (Fsp3) is 0.308. The van der Waals surface area contributed by atoms with Gasteiger partial charge in [-0.05, 0) is 88.7 Å². The zero-order valence-electron chi connectivity index (χ0n) is 35.2. The molecule has 2 aliphatic heterocycles. The van der Waals surface area contributed by atoms with Crippen LogP contribution in [-0.2, 0) is 49.9 Å². The highest BCUT2D eigenvalue weighted by molar-refractivity contribution is 5.87. The minimum absolute atomic E-state index is 0.0687. The highest BCUT2D eigenvalue weighted by Crippen LogP contribution is 2.44. The topological polar surface area (TPSA) is 144 Å².